The van der Waals surface area contributed by atoms with E-state index in [4.69, 9.17) is 5.11 Å². The Bertz CT molecular complexity index is 140. The lowest BCUT2D eigenvalue weighted by Crippen LogP contribution is -2.37. The number of carbonyl (C=O) groups is 1. The predicted octanol–water partition coefficient (Wildman–Crippen LogP) is 1.03. The number of carboxylic acid groups (broad SMARTS) is 1. The monoisotopic (exact) mass is 174 g/mol. The first-order valence-electron chi connectivity index (χ1n) is 4.13. The molecule has 0 aliphatic rings. The number of amides is 1. The molecule has 12 heavy (non-hydrogen) atoms. The van der Waals surface area contributed by atoms with Crippen LogP contribution in [0, 0.1) is 0 Å². The van der Waals surface area contributed by atoms with Gasteiger partial charge in [0.1, 0.15) is 0 Å². The molecule has 0 fully saturated rings. The Morgan fingerprint density at radius 3 is 2.33 bits per heavy atom. The van der Waals surface area contributed by atoms with Crippen LogP contribution in [0.25, 0.3) is 0 Å². The highest BCUT2D eigenvalue weighted by Gasteiger charge is 2.06. The Morgan fingerprint density at radius 1 is 1.33 bits per heavy atom. The minimum atomic E-state index is -0.953. The third kappa shape index (κ3) is 9.23. The summed E-state index contributed by atoms with van der Waals surface area (Å²) in [5.41, 5.74) is 0.114. The summed E-state index contributed by atoms with van der Waals surface area (Å²) >= 11 is 0. The summed E-state index contributed by atoms with van der Waals surface area (Å²) in [6.07, 6.45) is -0.130. The van der Waals surface area contributed by atoms with Crippen molar-refractivity contribution < 1.29 is 9.90 Å². The quantitative estimate of drug-likeness (QED) is 0.558. The lowest BCUT2D eigenvalue weighted by molar-refractivity contribution is 0.194. The van der Waals surface area contributed by atoms with E-state index >= 15 is 0 Å². The van der Waals surface area contributed by atoms with Crippen molar-refractivity contribution in [1.82, 2.24) is 10.6 Å². The Hall–Kier alpha value is -0.770. The summed E-state index contributed by atoms with van der Waals surface area (Å²) in [5.74, 6) is 0. The van der Waals surface area contributed by atoms with Crippen LogP contribution in [0.4, 0.5) is 4.79 Å². The van der Waals surface area contributed by atoms with Crippen LogP contribution < -0.4 is 10.6 Å². The van der Waals surface area contributed by atoms with Crippen LogP contribution in [0.5, 0.6) is 0 Å². The molecule has 0 aromatic rings. The molecule has 4 heteroatoms. The zero-order chi connectivity index (χ0) is 9.61. The third-order valence-corrected chi connectivity index (χ3v) is 1.29. The Labute approximate surface area is 73.3 Å². The molecule has 0 aliphatic carbocycles. The van der Waals surface area contributed by atoms with Crippen molar-refractivity contribution in [3.05, 3.63) is 0 Å². The van der Waals surface area contributed by atoms with Gasteiger partial charge in [0, 0.05) is 12.1 Å². The lowest BCUT2D eigenvalue weighted by Gasteiger charge is -2.20. The van der Waals surface area contributed by atoms with Gasteiger partial charge in [-0.25, -0.2) is 4.79 Å². The zero-order valence-corrected chi connectivity index (χ0v) is 7.98. The average Bonchev–Trinajstić information content (AvgIpc) is 1.83. The summed E-state index contributed by atoms with van der Waals surface area (Å²) < 4.78 is 0. The van der Waals surface area contributed by atoms with Crippen molar-refractivity contribution in [2.24, 2.45) is 0 Å². The van der Waals surface area contributed by atoms with E-state index in [1.165, 1.54) is 0 Å². The number of rotatable bonds is 4. The van der Waals surface area contributed by atoms with Gasteiger partial charge in [-0.1, -0.05) is 0 Å². The maximum absolute atomic E-state index is 10.0. The van der Waals surface area contributed by atoms with Crippen molar-refractivity contribution in [3.63, 3.8) is 0 Å². The standard InChI is InChI=1S/C8H18N2O2/c1-8(2,3)10-6-4-5-9-7(11)12/h9-10H,4-6H2,1-3H3,(H,11,12). The highest BCUT2D eigenvalue weighted by molar-refractivity contribution is 5.64. The van der Waals surface area contributed by atoms with E-state index in [9.17, 15) is 4.79 Å². The largest absolute Gasteiger partial charge is 0.465 e. The molecule has 0 atom stereocenters. The molecule has 0 spiro atoms. The molecule has 0 aliphatic heterocycles. The van der Waals surface area contributed by atoms with Gasteiger partial charge in [0.05, 0.1) is 0 Å². The SMILES string of the molecule is CC(C)(C)NCCCNC(=O)O. The van der Waals surface area contributed by atoms with Gasteiger partial charge in [-0.3, -0.25) is 0 Å². The molecule has 4 nitrogen and oxygen atoms in total. The van der Waals surface area contributed by atoms with Crippen LogP contribution in [0.1, 0.15) is 27.2 Å². The highest BCUT2D eigenvalue weighted by Crippen LogP contribution is 1.97. The molecule has 0 bridgehead atoms. The second-order valence-corrected chi connectivity index (χ2v) is 3.76. The van der Waals surface area contributed by atoms with Crippen molar-refractivity contribution in [2.45, 2.75) is 32.7 Å². The van der Waals surface area contributed by atoms with Gasteiger partial charge in [0.2, 0.25) is 0 Å². The Morgan fingerprint density at radius 2 is 1.92 bits per heavy atom. The second-order valence-electron chi connectivity index (χ2n) is 3.76. The van der Waals surface area contributed by atoms with Crippen LogP contribution in [0.3, 0.4) is 0 Å². The van der Waals surface area contributed by atoms with E-state index in [0.717, 1.165) is 13.0 Å². The molecule has 3 N–H and O–H groups in total. The van der Waals surface area contributed by atoms with E-state index in [-0.39, 0.29) is 5.54 Å². The molecular formula is C8H18N2O2. The van der Waals surface area contributed by atoms with Gasteiger partial charge < -0.3 is 15.7 Å². The molecule has 1 amide bonds. The normalized spacial score (nSPS) is 11.2. The van der Waals surface area contributed by atoms with E-state index in [1.807, 2.05) is 0 Å². The Balaban J connectivity index is 3.17. The fourth-order valence-electron chi connectivity index (χ4n) is 0.747. The van der Waals surface area contributed by atoms with Gasteiger partial charge in [0.25, 0.3) is 0 Å². The zero-order valence-electron chi connectivity index (χ0n) is 7.98. The fourth-order valence-corrected chi connectivity index (χ4v) is 0.747. The first-order chi connectivity index (χ1) is 5.42. The molecule has 0 heterocycles. The summed E-state index contributed by atoms with van der Waals surface area (Å²) in [6, 6.07) is 0. The Kier molecular flexibility index (Phi) is 4.66. The summed E-state index contributed by atoms with van der Waals surface area (Å²) in [5, 5.41) is 13.8. The molecule has 0 aromatic carbocycles. The first-order valence-corrected chi connectivity index (χ1v) is 4.13. The minimum Gasteiger partial charge on any atom is -0.465 e. The lowest BCUT2D eigenvalue weighted by atomic mass is 10.1. The smallest absolute Gasteiger partial charge is 0.404 e. The van der Waals surface area contributed by atoms with E-state index in [0.29, 0.717) is 6.54 Å². The topological polar surface area (TPSA) is 61.4 Å². The minimum absolute atomic E-state index is 0.114. The van der Waals surface area contributed by atoms with Gasteiger partial charge in [-0.05, 0) is 33.7 Å². The van der Waals surface area contributed by atoms with Crippen LogP contribution in [-0.2, 0) is 0 Å². The average molecular weight is 174 g/mol. The fraction of sp³-hybridized carbons (Fsp3) is 0.875. The number of hydrogen-bond acceptors (Lipinski definition) is 2. The second kappa shape index (κ2) is 4.98. The van der Waals surface area contributed by atoms with E-state index in [1.54, 1.807) is 0 Å². The number of nitrogens with one attached hydrogen (secondary N) is 2. The van der Waals surface area contributed by atoms with E-state index < -0.39 is 6.09 Å². The highest BCUT2D eigenvalue weighted by atomic mass is 16.4. The van der Waals surface area contributed by atoms with Crippen molar-refractivity contribution in [1.29, 1.82) is 0 Å². The van der Waals surface area contributed by atoms with Crippen LogP contribution in [0.2, 0.25) is 0 Å². The first kappa shape index (κ1) is 11.2. The van der Waals surface area contributed by atoms with Crippen molar-refractivity contribution in [2.75, 3.05) is 13.1 Å². The molecule has 0 saturated carbocycles. The van der Waals surface area contributed by atoms with Crippen LogP contribution in [0.15, 0.2) is 0 Å². The van der Waals surface area contributed by atoms with Gasteiger partial charge in [0.15, 0.2) is 0 Å². The van der Waals surface area contributed by atoms with Crippen LogP contribution >= 0.6 is 0 Å². The molecule has 0 unspecified atom stereocenters. The molecule has 0 aromatic heterocycles. The molecule has 0 saturated heterocycles. The van der Waals surface area contributed by atoms with Gasteiger partial charge in [-0.15, -0.1) is 0 Å². The predicted molar refractivity (Wildman–Crippen MR) is 48.4 cm³/mol. The molecule has 0 rings (SSSR count). The molecular weight excluding hydrogens is 156 g/mol. The maximum Gasteiger partial charge on any atom is 0.404 e. The summed E-state index contributed by atoms with van der Waals surface area (Å²) in [4.78, 5) is 10.0. The van der Waals surface area contributed by atoms with Crippen molar-refractivity contribution in [3.8, 4) is 0 Å². The van der Waals surface area contributed by atoms with Crippen molar-refractivity contribution >= 4 is 6.09 Å². The molecule has 72 valence electrons. The number of hydrogen-bond donors (Lipinski definition) is 3. The van der Waals surface area contributed by atoms with Gasteiger partial charge >= 0.3 is 6.09 Å². The van der Waals surface area contributed by atoms with E-state index in [2.05, 4.69) is 31.4 Å². The third-order valence-electron chi connectivity index (χ3n) is 1.29. The molecule has 0 radical (unpaired) electrons. The van der Waals surface area contributed by atoms with Crippen LogP contribution in [-0.4, -0.2) is 29.8 Å². The van der Waals surface area contributed by atoms with Gasteiger partial charge in [-0.2, -0.15) is 0 Å². The maximum atomic E-state index is 10.0. The summed E-state index contributed by atoms with van der Waals surface area (Å²) in [6.45, 7) is 7.59. The summed E-state index contributed by atoms with van der Waals surface area (Å²) in [7, 11) is 0.